The Kier molecular flexibility index (Phi) is 9.88. The van der Waals surface area contributed by atoms with E-state index in [1.165, 1.54) is 27.8 Å². The van der Waals surface area contributed by atoms with E-state index in [2.05, 4.69) is 114 Å². The summed E-state index contributed by atoms with van der Waals surface area (Å²) < 4.78 is 10.3. The normalized spacial score (nSPS) is 11.6. The summed E-state index contributed by atoms with van der Waals surface area (Å²) in [5.41, 5.74) is 6.36. The van der Waals surface area contributed by atoms with Crippen molar-refractivity contribution in [3.05, 3.63) is 102 Å². The van der Waals surface area contributed by atoms with E-state index in [0.717, 1.165) is 23.5 Å². The Morgan fingerprint density at radius 1 is 0.844 bits per heavy atom. The molecule has 3 heteroatoms. The summed E-state index contributed by atoms with van der Waals surface area (Å²) in [7, 11) is 2.13. The maximum absolute atomic E-state index is 6.01. The summed E-state index contributed by atoms with van der Waals surface area (Å²) in [4.78, 5) is 2.30. The van der Waals surface area contributed by atoms with Crippen molar-refractivity contribution in [1.82, 2.24) is 4.90 Å². The molecule has 0 aliphatic heterocycles. The zero-order valence-corrected chi connectivity index (χ0v) is 21.2. The van der Waals surface area contributed by atoms with Crippen LogP contribution in [0, 0.1) is 10.1 Å². The predicted molar refractivity (Wildman–Crippen MR) is 132 cm³/mol. The first-order valence-electron chi connectivity index (χ1n) is 10.9. The van der Waals surface area contributed by atoms with Gasteiger partial charge >= 0.3 is 148 Å². The van der Waals surface area contributed by atoms with Gasteiger partial charge in [-0.15, -0.1) is 0 Å². The molecule has 0 aliphatic rings. The van der Waals surface area contributed by atoms with E-state index in [9.17, 15) is 0 Å². The van der Waals surface area contributed by atoms with Gasteiger partial charge < -0.3 is 0 Å². The second kappa shape index (κ2) is 13.1. The maximum atomic E-state index is 6.01. The minimum absolute atomic E-state index is 0.0632. The predicted octanol–water partition coefficient (Wildman–Crippen LogP) is 6.39. The van der Waals surface area contributed by atoms with Gasteiger partial charge in [-0.25, -0.2) is 0 Å². The van der Waals surface area contributed by atoms with Crippen molar-refractivity contribution in [2.24, 2.45) is 0 Å². The number of benzene rings is 3. The van der Waals surface area contributed by atoms with Gasteiger partial charge in [0, 0.05) is 0 Å². The number of ether oxygens (including phenoxy) is 1. The van der Waals surface area contributed by atoms with Crippen LogP contribution < -0.4 is 4.74 Å². The Morgan fingerprint density at radius 3 is 2.03 bits per heavy atom. The van der Waals surface area contributed by atoms with E-state index in [1.54, 1.807) is 0 Å². The van der Waals surface area contributed by atoms with E-state index >= 15 is 0 Å². The average Bonchev–Trinajstić information content (AvgIpc) is 2.84. The molecule has 0 spiro atoms. The fourth-order valence-corrected chi connectivity index (χ4v) is 5.01. The van der Waals surface area contributed by atoms with E-state index in [1.807, 2.05) is 6.92 Å². The van der Waals surface area contributed by atoms with Crippen LogP contribution in [0.2, 0.25) is 0 Å². The number of hydrogen-bond donors (Lipinski definition) is 0. The van der Waals surface area contributed by atoms with Gasteiger partial charge in [0.25, 0.3) is 0 Å². The molecule has 0 atom stereocenters. The summed E-state index contributed by atoms with van der Waals surface area (Å²) in [6.07, 6.45) is 0.962. The molecule has 0 bridgehead atoms. The van der Waals surface area contributed by atoms with Crippen molar-refractivity contribution < 1.29 is 24.5 Å². The third kappa shape index (κ3) is 6.99. The summed E-state index contributed by atoms with van der Waals surface area (Å²) in [5, 5.41) is 0. The fourth-order valence-electron chi connectivity index (χ4n) is 3.53. The van der Waals surface area contributed by atoms with Crippen LogP contribution in [0.3, 0.4) is 0 Å². The molecule has 2 nitrogen and oxygen atoms in total. The number of likely N-dealkylation sites (N-methyl/N-ethyl adjacent to an activating group) is 1. The van der Waals surface area contributed by atoms with Gasteiger partial charge in [-0.3, -0.25) is 0 Å². The Labute approximate surface area is 202 Å². The molecule has 169 valence electrons. The van der Waals surface area contributed by atoms with Crippen molar-refractivity contribution in [1.29, 1.82) is 0 Å². The number of allylic oxidation sites excluding steroid dienone is 1. The zero-order valence-electron chi connectivity index (χ0n) is 19.1. The first-order chi connectivity index (χ1) is 15.7. The summed E-state index contributed by atoms with van der Waals surface area (Å²) in [5.74, 6) is 3.90. The van der Waals surface area contributed by atoms with Crippen LogP contribution in [-0.4, -0.2) is 29.9 Å². The molecule has 0 saturated carbocycles. The minimum atomic E-state index is 0.0632. The van der Waals surface area contributed by atoms with Crippen LogP contribution in [-0.2, 0) is 19.8 Å². The molecular formula is C29H31AuNO. The third-order valence-corrected chi connectivity index (χ3v) is 7.50. The summed E-state index contributed by atoms with van der Waals surface area (Å²) in [6, 6.07) is 29.9. The molecule has 3 aromatic rings. The Morgan fingerprint density at radius 2 is 1.44 bits per heavy atom. The quantitative estimate of drug-likeness (QED) is 0.151. The molecule has 0 radical (unpaired) electrons. The van der Waals surface area contributed by atoms with Crippen molar-refractivity contribution in [3.63, 3.8) is 0 Å². The zero-order chi connectivity index (χ0) is 22.6. The molecule has 3 rings (SSSR count). The molecule has 32 heavy (non-hydrogen) atoms. The molecule has 3 aromatic carbocycles. The average molecular weight is 607 g/mol. The van der Waals surface area contributed by atoms with Gasteiger partial charge in [0.1, 0.15) is 0 Å². The van der Waals surface area contributed by atoms with Crippen LogP contribution in [0.4, 0.5) is 0 Å². The molecule has 0 saturated heterocycles. The van der Waals surface area contributed by atoms with Crippen molar-refractivity contribution >= 4 is 11.1 Å². The molecule has 0 unspecified atom stereocenters. The van der Waals surface area contributed by atoms with Gasteiger partial charge in [-0.1, -0.05) is 55.5 Å². The monoisotopic (exact) mass is 606 g/mol. The molecule has 0 aromatic heterocycles. The molecular weight excluding hydrogens is 575 g/mol. The molecule has 0 fully saturated rings. The summed E-state index contributed by atoms with van der Waals surface area (Å²) in [6.45, 7) is 5.73. The van der Waals surface area contributed by atoms with E-state index < -0.39 is 0 Å². The first-order valence-corrected chi connectivity index (χ1v) is 13.5. The van der Waals surface area contributed by atoms with Crippen molar-refractivity contribution in [2.75, 3.05) is 25.0 Å². The standard InChI is InChI=1S/C26H28NO.C3H3.Au/c1-4-25(21-11-7-5-8-12-21)26(22-13-9-6-10-14-22)23-15-17-24(18-16-23)28-20-19-27(2)3;1-3-2;/h5-18H,2,4,19-20H2,1,3H3;1H3;/b26-25-;;. The van der Waals surface area contributed by atoms with Crippen LogP contribution in [0.15, 0.2) is 84.9 Å². The van der Waals surface area contributed by atoms with Crippen molar-refractivity contribution in [3.8, 4) is 15.8 Å². The molecule has 0 heterocycles. The van der Waals surface area contributed by atoms with Crippen LogP contribution >= 0.6 is 0 Å². The van der Waals surface area contributed by atoms with E-state index in [4.69, 9.17) is 4.74 Å². The SMILES string of the molecule is CC#[C][Au][CH2]N(C)CCOc1ccc(/C(=C(/CC)c2ccccc2)c2ccccc2)cc1. The van der Waals surface area contributed by atoms with E-state index in [0.29, 0.717) is 6.61 Å². The Bertz CT molecular complexity index is 1050. The Hall–Kier alpha value is -2.54. The first kappa shape index (κ1) is 24.1. The van der Waals surface area contributed by atoms with Gasteiger partial charge in [-0.05, 0) is 0 Å². The van der Waals surface area contributed by atoms with Crippen molar-refractivity contribution in [2.45, 2.75) is 20.3 Å². The Balaban J connectivity index is 1.80. The number of hydrogen-bond acceptors (Lipinski definition) is 2. The van der Waals surface area contributed by atoms with Crippen LogP contribution in [0.25, 0.3) is 11.1 Å². The third-order valence-electron chi connectivity index (χ3n) is 5.06. The molecule has 0 aliphatic carbocycles. The van der Waals surface area contributed by atoms with Gasteiger partial charge in [0.05, 0.1) is 0 Å². The molecule has 0 amide bonds. The number of rotatable bonds is 10. The van der Waals surface area contributed by atoms with Crippen LogP contribution in [0.1, 0.15) is 37.0 Å². The summed E-state index contributed by atoms with van der Waals surface area (Å²) >= 11 is 0.0632. The topological polar surface area (TPSA) is 12.5 Å². The molecule has 0 N–H and O–H groups in total. The second-order valence-corrected chi connectivity index (χ2v) is 9.41. The van der Waals surface area contributed by atoms with Gasteiger partial charge in [-0.2, -0.15) is 0 Å². The second-order valence-electron chi connectivity index (χ2n) is 7.42. The van der Waals surface area contributed by atoms with Crippen LogP contribution in [0.5, 0.6) is 5.75 Å². The van der Waals surface area contributed by atoms with E-state index in [-0.39, 0.29) is 19.8 Å². The van der Waals surface area contributed by atoms with Gasteiger partial charge in [0.2, 0.25) is 0 Å². The fraction of sp³-hybridized carbons (Fsp3) is 0.241. The number of nitrogens with zero attached hydrogens (tertiary/aromatic N) is 1. The van der Waals surface area contributed by atoms with Gasteiger partial charge in [0.15, 0.2) is 0 Å².